The lowest BCUT2D eigenvalue weighted by atomic mass is 9.75. The molecule has 1 aromatic heterocycles. The number of carbonyl (C=O) groups excluding carboxylic acids is 1. The Morgan fingerprint density at radius 2 is 1.62 bits per heavy atom. The molecule has 0 aliphatic rings. The number of carboxylic acid groups (broad SMARTS) is 2. The first-order chi connectivity index (χ1) is 13.8. The lowest BCUT2D eigenvalue weighted by Gasteiger charge is -2.25. The standard InChI is InChI=1S/C22H20ClNO5/c1-3-22(20(26)27,21(28)29)17-15-11-10-14(23)12-16(15)24(4-2)18(17)19(25)13-8-6-5-7-9-13/h5-12H,3-4H2,1-2H3,(H,26,27)(H,28,29). The van der Waals surface area contributed by atoms with E-state index in [1.807, 2.05) is 0 Å². The maximum absolute atomic E-state index is 13.5. The van der Waals surface area contributed by atoms with Gasteiger partial charge in [0.25, 0.3) is 0 Å². The Morgan fingerprint density at radius 1 is 1.00 bits per heavy atom. The van der Waals surface area contributed by atoms with Crippen LogP contribution in [-0.4, -0.2) is 32.5 Å². The van der Waals surface area contributed by atoms with Crippen molar-refractivity contribution >= 4 is 40.2 Å². The van der Waals surface area contributed by atoms with Gasteiger partial charge in [-0.3, -0.25) is 14.4 Å². The maximum Gasteiger partial charge on any atom is 0.325 e. The predicted octanol–water partition coefficient (Wildman–Crippen LogP) is 4.36. The Labute approximate surface area is 172 Å². The number of ketones is 1. The maximum atomic E-state index is 13.5. The van der Waals surface area contributed by atoms with Gasteiger partial charge in [0.15, 0.2) is 5.41 Å². The van der Waals surface area contributed by atoms with Crippen LogP contribution in [0.2, 0.25) is 5.02 Å². The zero-order chi connectivity index (χ0) is 21.3. The topological polar surface area (TPSA) is 96.6 Å². The number of aryl methyl sites for hydroxylation is 1. The number of aromatic nitrogens is 1. The monoisotopic (exact) mass is 413 g/mol. The first-order valence-corrected chi connectivity index (χ1v) is 9.56. The minimum absolute atomic E-state index is 0.0117. The van der Waals surface area contributed by atoms with Crippen molar-refractivity contribution in [2.75, 3.05) is 0 Å². The van der Waals surface area contributed by atoms with E-state index in [0.29, 0.717) is 28.0 Å². The second-order valence-corrected chi connectivity index (χ2v) is 7.13. The summed E-state index contributed by atoms with van der Waals surface area (Å²) in [6.45, 7) is 3.63. The number of fused-ring (bicyclic) bond motifs is 1. The molecule has 0 saturated heterocycles. The molecule has 0 unspecified atom stereocenters. The minimum Gasteiger partial charge on any atom is -0.480 e. The van der Waals surface area contributed by atoms with Gasteiger partial charge in [-0.2, -0.15) is 0 Å². The Bertz CT molecular complexity index is 1100. The summed E-state index contributed by atoms with van der Waals surface area (Å²) >= 11 is 6.15. The number of benzene rings is 2. The van der Waals surface area contributed by atoms with Crippen molar-refractivity contribution in [1.82, 2.24) is 4.57 Å². The summed E-state index contributed by atoms with van der Waals surface area (Å²) in [6.07, 6.45) is -0.224. The summed E-state index contributed by atoms with van der Waals surface area (Å²) in [5.41, 5.74) is -1.36. The number of carbonyl (C=O) groups is 3. The molecule has 1 heterocycles. The Morgan fingerprint density at radius 3 is 2.14 bits per heavy atom. The molecule has 0 aliphatic carbocycles. The van der Waals surface area contributed by atoms with Crippen LogP contribution in [0.5, 0.6) is 0 Å². The lowest BCUT2D eigenvalue weighted by Crippen LogP contribution is -2.44. The highest BCUT2D eigenvalue weighted by atomic mass is 35.5. The highest BCUT2D eigenvalue weighted by Crippen LogP contribution is 2.41. The van der Waals surface area contributed by atoms with Crippen LogP contribution in [0.1, 0.15) is 41.9 Å². The van der Waals surface area contributed by atoms with Gasteiger partial charge in [-0.1, -0.05) is 54.9 Å². The number of halogens is 1. The van der Waals surface area contributed by atoms with Crippen LogP contribution in [0.25, 0.3) is 10.9 Å². The van der Waals surface area contributed by atoms with Gasteiger partial charge in [0.2, 0.25) is 5.78 Å². The van der Waals surface area contributed by atoms with Crippen LogP contribution < -0.4 is 0 Å². The fraction of sp³-hybridized carbons (Fsp3) is 0.227. The van der Waals surface area contributed by atoms with Crippen molar-refractivity contribution in [3.05, 3.63) is 70.4 Å². The van der Waals surface area contributed by atoms with E-state index in [1.54, 1.807) is 60.0 Å². The number of hydrogen-bond donors (Lipinski definition) is 2. The molecule has 150 valence electrons. The fourth-order valence-corrected chi connectivity index (χ4v) is 4.00. The van der Waals surface area contributed by atoms with Gasteiger partial charge in [-0.05, 0) is 25.5 Å². The lowest BCUT2D eigenvalue weighted by molar-refractivity contribution is -0.157. The van der Waals surface area contributed by atoms with Gasteiger partial charge in [-0.15, -0.1) is 0 Å². The van der Waals surface area contributed by atoms with E-state index in [-0.39, 0.29) is 17.7 Å². The average molecular weight is 414 g/mol. The molecule has 2 N–H and O–H groups in total. The number of rotatable bonds is 7. The highest BCUT2D eigenvalue weighted by Gasteiger charge is 2.51. The van der Waals surface area contributed by atoms with E-state index in [4.69, 9.17) is 11.6 Å². The molecule has 0 bridgehead atoms. The quantitative estimate of drug-likeness (QED) is 0.443. The molecule has 3 aromatic rings. The van der Waals surface area contributed by atoms with Crippen molar-refractivity contribution in [3.8, 4) is 0 Å². The van der Waals surface area contributed by atoms with Gasteiger partial charge < -0.3 is 14.8 Å². The molecule has 2 aromatic carbocycles. The molecule has 0 atom stereocenters. The number of hydrogen-bond acceptors (Lipinski definition) is 3. The minimum atomic E-state index is -2.27. The fourth-order valence-electron chi connectivity index (χ4n) is 3.83. The van der Waals surface area contributed by atoms with Crippen LogP contribution >= 0.6 is 11.6 Å². The average Bonchev–Trinajstić information content (AvgIpc) is 3.02. The van der Waals surface area contributed by atoms with Crippen molar-refractivity contribution in [2.24, 2.45) is 0 Å². The molecule has 0 aliphatic heterocycles. The number of nitrogens with zero attached hydrogens (tertiary/aromatic N) is 1. The number of carboxylic acids is 2. The molecular formula is C22H20ClNO5. The van der Waals surface area contributed by atoms with Crippen molar-refractivity contribution in [1.29, 1.82) is 0 Å². The van der Waals surface area contributed by atoms with Crippen LogP contribution in [-0.2, 0) is 21.5 Å². The summed E-state index contributed by atoms with van der Waals surface area (Å²) < 4.78 is 1.64. The largest absolute Gasteiger partial charge is 0.480 e. The Hall–Kier alpha value is -3.12. The zero-order valence-electron chi connectivity index (χ0n) is 16.0. The molecule has 0 fully saturated rings. The summed E-state index contributed by atoms with van der Waals surface area (Å²) in [7, 11) is 0. The predicted molar refractivity (Wildman–Crippen MR) is 110 cm³/mol. The van der Waals surface area contributed by atoms with E-state index in [1.165, 1.54) is 6.92 Å². The molecule has 0 spiro atoms. The van der Waals surface area contributed by atoms with E-state index < -0.39 is 23.1 Å². The molecule has 0 saturated carbocycles. The molecule has 6 nitrogen and oxygen atoms in total. The number of aliphatic carboxylic acids is 2. The van der Waals surface area contributed by atoms with E-state index >= 15 is 0 Å². The van der Waals surface area contributed by atoms with Gasteiger partial charge in [-0.25, -0.2) is 0 Å². The van der Waals surface area contributed by atoms with Crippen molar-refractivity contribution < 1.29 is 24.6 Å². The van der Waals surface area contributed by atoms with Gasteiger partial charge in [0, 0.05) is 28.1 Å². The van der Waals surface area contributed by atoms with Gasteiger partial charge >= 0.3 is 11.9 Å². The van der Waals surface area contributed by atoms with Crippen LogP contribution in [0.15, 0.2) is 48.5 Å². The zero-order valence-corrected chi connectivity index (χ0v) is 16.7. The Balaban J connectivity index is 2.53. The summed E-state index contributed by atoms with van der Waals surface area (Å²) in [5.74, 6) is -3.46. The van der Waals surface area contributed by atoms with E-state index in [9.17, 15) is 24.6 Å². The summed E-state index contributed by atoms with van der Waals surface area (Å²) in [5, 5.41) is 20.8. The molecular weight excluding hydrogens is 394 g/mol. The van der Waals surface area contributed by atoms with Crippen molar-refractivity contribution in [2.45, 2.75) is 32.2 Å². The molecule has 29 heavy (non-hydrogen) atoms. The third-order valence-corrected chi connectivity index (χ3v) is 5.52. The normalized spacial score (nSPS) is 11.6. The SMILES string of the molecule is CCn1c(C(=O)c2ccccc2)c(C(CC)(C(=O)O)C(=O)O)c2ccc(Cl)cc21. The Kier molecular flexibility index (Phi) is 5.48. The molecule has 7 heteroatoms. The smallest absolute Gasteiger partial charge is 0.325 e. The van der Waals surface area contributed by atoms with Crippen LogP contribution in [0, 0.1) is 0 Å². The van der Waals surface area contributed by atoms with E-state index in [2.05, 4.69) is 0 Å². The van der Waals surface area contributed by atoms with Crippen molar-refractivity contribution in [3.63, 3.8) is 0 Å². The first-order valence-electron chi connectivity index (χ1n) is 9.18. The first kappa shape index (κ1) is 20.6. The van der Waals surface area contributed by atoms with Crippen LogP contribution in [0.4, 0.5) is 0 Å². The third-order valence-electron chi connectivity index (χ3n) is 5.28. The highest BCUT2D eigenvalue weighted by molar-refractivity contribution is 6.31. The van der Waals surface area contributed by atoms with Gasteiger partial charge in [0.05, 0.1) is 11.2 Å². The summed E-state index contributed by atoms with van der Waals surface area (Å²) in [6, 6.07) is 13.2. The molecule has 0 amide bonds. The second-order valence-electron chi connectivity index (χ2n) is 6.69. The summed E-state index contributed by atoms with van der Waals surface area (Å²) in [4.78, 5) is 38.0. The van der Waals surface area contributed by atoms with Crippen LogP contribution in [0.3, 0.4) is 0 Å². The third kappa shape index (κ3) is 3.09. The van der Waals surface area contributed by atoms with E-state index in [0.717, 1.165) is 0 Å². The second kappa shape index (κ2) is 7.72. The molecule has 0 radical (unpaired) electrons. The molecule has 3 rings (SSSR count). The van der Waals surface area contributed by atoms with Gasteiger partial charge in [0.1, 0.15) is 0 Å².